The number of thiazole rings is 1. The maximum absolute atomic E-state index is 12.0. The summed E-state index contributed by atoms with van der Waals surface area (Å²) in [5.41, 5.74) is 1.46. The summed E-state index contributed by atoms with van der Waals surface area (Å²) in [5, 5.41) is 2.60. The van der Waals surface area contributed by atoms with E-state index in [1.165, 1.54) is 0 Å². The number of carbonyl (C=O) groups is 1. The molecule has 0 fully saturated rings. The summed E-state index contributed by atoms with van der Waals surface area (Å²) >= 11 is 7.35. The van der Waals surface area contributed by atoms with E-state index < -0.39 is 0 Å². The van der Waals surface area contributed by atoms with Crippen LogP contribution in [0, 0.1) is 0 Å². The van der Waals surface area contributed by atoms with Crippen molar-refractivity contribution in [3.05, 3.63) is 58.3 Å². The Morgan fingerprint density at radius 1 is 1.33 bits per heavy atom. The molecule has 0 unspecified atom stereocenters. The molecule has 0 saturated carbocycles. The van der Waals surface area contributed by atoms with Crippen LogP contribution in [0.5, 0.6) is 0 Å². The first-order valence-corrected chi connectivity index (χ1v) is 6.68. The highest BCUT2D eigenvalue weighted by molar-refractivity contribution is 7.15. The number of benzene rings is 1. The molecule has 0 aliphatic carbocycles. The maximum atomic E-state index is 12.0. The second-order valence-electron chi connectivity index (χ2n) is 3.93. The minimum absolute atomic E-state index is 0.0532. The van der Waals surface area contributed by atoms with Crippen molar-refractivity contribution in [3.63, 3.8) is 0 Å². The van der Waals surface area contributed by atoms with Crippen LogP contribution in [0.4, 0.5) is 0 Å². The molecular formula is C13H9ClN2OS. The summed E-state index contributed by atoms with van der Waals surface area (Å²) in [6.45, 7) is 0. The van der Waals surface area contributed by atoms with E-state index in [-0.39, 0.29) is 5.78 Å². The number of ketones is 1. The van der Waals surface area contributed by atoms with Gasteiger partial charge in [0.1, 0.15) is 0 Å². The second-order valence-corrected chi connectivity index (χ2v) is 5.24. The number of imidazole rings is 1. The van der Waals surface area contributed by atoms with Crippen molar-refractivity contribution in [2.24, 2.45) is 0 Å². The lowest BCUT2D eigenvalue weighted by atomic mass is 10.1. The summed E-state index contributed by atoms with van der Waals surface area (Å²) in [5.74, 6) is 0.0532. The summed E-state index contributed by atoms with van der Waals surface area (Å²) in [4.78, 5) is 17.3. The molecule has 3 nitrogen and oxygen atoms in total. The van der Waals surface area contributed by atoms with Gasteiger partial charge in [0.25, 0.3) is 0 Å². The molecule has 0 aliphatic rings. The number of rotatable bonds is 3. The van der Waals surface area contributed by atoms with E-state index in [1.54, 1.807) is 35.6 Å². The lowest BCUT2D eigenvalue weighted by Gasteiger charge is -1.98. The molecule has 0 radical (unpaired) electrons. The molecule has 0 saturated heterocycles. The van der Waals surface area contributed by atoms with Gasteiger partial charge in [-0.15, -0.1) is 11.3 Å². The zero-order valence-electron chi connectivity index (χ0n) is 9.34. The van der Waals surface area contributed by atoms with Crippen molar-refractivity contribution in [2.45, 2.75) is 6.42 Å². The highest BCUT2D eigenvalue weighted by atomic mass is 35.5. The van der Waals surface area contributed by atoms with Crippen LogP contribution in [0.2, 0.25) is 5.02 Å². The SMILES string of the molecule is O=C(Cc1cn2ccsc2n1)c1ccc(Cl)cc1. The second kappa shape index (κ2) is 4.55. The van der Waals surface area contributed by atoms with Gasteiger partial charge in [0.15, 0.2) is 10.7 Å². The molecule has 5 heteroatoms. The van der Waals surface area contributed by atoms with Crippen LogP contribution in [0.15, 0.2) is 42.0 Å². The first-order valence-electron chi connectivity index (χ1n) is 5.42. The highest BCUT2D eigenvalue weighted by Crippen LogP contribution is 2.15. The Bertz CT molecular complexity index is 671. The first kappa shape index (κ1) is 11.4. The van der Waals surface area contributed by atoms with E-state index in [9.17, 15) is 4.79 Å². The average Bonchev–Trinajstić information content (AvgIpc) is 2.90. The van der Waals surface area contributed by atoms with Gasteiger partial charge in [-0.2, -0.15) is 0 Å². The van der Waals surface area contributed by atoms with Crippen molar-refractivity contribution in [3.8, 4) is 0 Å². The van der Waals surface area contributed by atoms with E-state index in [1.807, 2.05) is 22.2 Å². The summed E-state index contributed by atoms with van der Waals surface area (Å²) in [6.07, 6.45) is 4.14. The summed E-state index contributed by atoms with van der Waals surface area (Å²) in [6, 6.07) is 6.92. The zero-order chi connectivity index (χ0) is 12.5. The molecule has 0 atom stereocenters. The van der Waals surface area contributed by atoms with Crippen molar-refractivity contribution in [1.82, 2.24) is 9.38 Å². The van der Waals surface area contributed by atoms with Crippen molar-refractivity contribution >= 4 is 33.7 Å². The molecule has 0 bridgehead atoms. The molecule has 0 amide bonds. The van der Waals surface area contributed by atoms with Gasteiger partial charge in [0.05, 0.1) is 12.1 Å². The van der Waals surface area contributed by atoms with E-state index in [0.717, 1.165) is 10.7 Å². The molecule has 18 heavy (non-hydrogen) atoms. The molecule has 0 N–H and O–H groups in total. The predicted octanol–water partition coefficient (Wildman–Crippen LogP) is 3.47. The van der Waals surface area contributed by atoms with Gasteiger partial charge < -0.3 is 0 Å². The third kappa shape index (κ3) is 2.17. The summed E-state index contributed by atoms with van der Waals surface area (Å²) < 4.78 is 1.93. The van der Waals surface area contributed by atoms with Crippen LogP contribution in [0.25, 0.3) is 4.96 Å². The molecular weight excluding hydrogens is 268 g/mol. The Labute approximate surface area is 113 Å². The van der Waals surface area contributed by atoms with Crippen LogP contribution in [0.1, 0.15) is 16.1 Å². The average molecular weight is 277 g/mol. The van der Waals surface area contributed by atoms with Gasteiger partial charge in [-0.3, -0.25) is 9.20 Å². The number of nitrogens with zero attached hydrogens (tertiary/aromatic N) is 2. The Balaban J connectivity index is 1.82. The number of aromatic nitrogens is 2. The quantitative estimate of drug-likeness (QED) is 0.687. The van der Waals surface area contributed by atoms with Gasteiger partial charge in [-0.05, 0) is 24.3 Å². The van der Waals surface area contributed by atoms with Crippen LogP contribution < -0.4 is 0 Å². The van der Waals surface area contributed by atoms with Gasteiger partial charge in [-0.1, -0.05) is 11.6 Å². The van der Waals surface area contributed by atoms with Crippen molar-refractivity contribution in [1.29, 1.82) is 0 Å². The minimum Gasteiger partial charge on any atom is -0.297 e. The zero-order valence-corrected chi connectivity index (χ0v) is 10.9. The van der Waals surface area contributed by atoms with Crippen LogP contribution in [-0.2, 0) is 6.42 Å². The van der Waals surface area contributed by atoms with Gasteiger partial charge >= 0.3 is 0 Å². The van der Waals surface area contributed by atoms with Crippen molar-refractivity contribution in [2.75, 3.05) is 0 Å². The predicted molar refractivity (Wildman–Crippen MR) is 72.6 cm³/mol. The van der Waals surface area contributed by atoms with Gasteiger partial charge in [0, 0.05) is 28.4 Å². The fourth-order valence-corrected chi connectivity index (χ4v) is 2.61. The minimum atomic E-state index is 0.0532. The number of hydrogen-bond acceptors (Lipinski definition) is 3. The van der Waals surface area contributed by atoms with Crippen LogP contribution in [-0.4, -0.2) is 15.2 Å². The lowest BCUT2D eigenvalue weighted by molar-refractivity contribution is 0.0992. The highest BCUT2D eigenvalue weighted by Gasteiger charge is 2.10. The topological polar surface area (TPSA) is 34.4 Å². The molecule has 90 valence electrons. The number of halogens is 1. The largest absolute Gasteiger partial charge is 0.297 e. The Morgan fingerprint density at radius 2 is 2.11 bits per heavy atom. The molecule has 2 heterocycles. The molecule has 1 aromatic carbocycles. The van der Waals surface area contributed by atoms with Crippen LogP contribution in [0.3, 0.4) is 0 Å². The molecule has 2 aromatic heterocycles. The van der Waals surface area contributed by atoms with Gasteiger partial charge in [-0.25, -0.2) is 4.98 Å². The Morgan fingerprint density at radius 3 is 2.83 bits per heavy atom. The lowest BCUT2D eigenvalue weighted by Crippen LogP contribution is -2.03. The molecule has 0 spiro atoms. The number of Topliss-reactive ketones (excluding diaryl/α,β-unsaturated/α-hetero) is 1. The normalized spacial score (nSPS) is 10.9. The maximum Gasteiger partial charge on any atom is 0.193 e. The smallest absolute Gasteiger partial charge is 0.193 e. The van der Waals surface area contributed by atoms with Gasteiger partial charge in [0.2, 0.25) is 0 Å². The molecule has 3 rings (SSSR count). The molecule has 0 aliphatic heterocycles. The first-order chi connectivity index (χ1) is 8.72. The molecule has 3 aromatic rings. The number of hydrogen-bond donors (Lipinski definition) is 0. The number of fused-ring (bicyclic) bond motifs is 1. The number of carbonyl (C=O) groups excluding carboxylic acids is 1. The summed E-state index contributed by atoms with van der Waals surface area (Å²) in [7, 11) is 0. The fraction of sp³-hybridized carbons (Fsp3) is 0.0769. The van der Waals surface area contributed by atoms with E-state index in [2.05, 4.69) is 4.98 Å². The fourth-order valence-electron chi connectivity index (χ4n) is 1.76. The standard InChI is InChI=1S/C13H9ClN2OS/c14-10-3-1-9(2-4-10)12(17)7-11-8-16-5-6-18-13(16)15-11/h1-6,8H,7H2. The van der Waals surface area contributed by atoms with Crippen molar-refractivity contribution < 1.29 is 4.79 Å². The van der Waals surface area contributed by atoms with Crippen LogP contribution >= 0.6 is 22.9 Å². The Kier molecular flexibility index (Phi) is 2.89. The monoisotopic (exact) mass is 276 g/mol. The Hall–Kier alpha value is -1.65. The van der Waals surface area contributed by atoms with E-state index in [4.69, 9.17) is 11.6 Å². The van der Waals surface area contributed by atoms with E-state index >= 15 is 0 Å². The van der Waals surface area contributed by atoms with E-state index in [0.29, 0.717) is 17.0 Å². The third-order valence-electron chi connectivity index (χ3n) is 2.65. The third-order valence-corrected chi connectivity index (χ3v) is 3.67.